The summed E-state index contributed by atoms with van der Waals surface area (Å²) in [5, 5.41) is 11.1. The van der Waals surface area contributed by atoms with Crippen LogP contribution in [0.2, 0.25) is 0 Å². The Labute approximate surface area is 154 Å². The molecule has 13 heteroatoms. The van der Waals surface area contributed by atoms with Gasteiger partial charge in [-0.15, -0.1) is 0 Å². The Bertz CT molecular complexity index is 529. The Balaban J connectivity index is 0.000000697. The topological polar surface area (TPSA) is 115 Å². The number of anilines is 1. The highest BCUT2D eigenvalue weighted by molar-refractivity contribution is 8.76. The molecule has 1 rings (SSSR count). The fourth-order valence-corrected chi connectivity index (χ4v) is 3.52. The number of aromatic nitrogens is 1. The van der Waals surface area contributed by atoms with Crippen molar-refractivity contribution in [2.75, 3.05) is 36.5 Å². The van der Waals surface area contributed by atoms with Crippen molar-refractivity contribution in [3.05, 3.63) is 11.1 Å². The van der Waals surface area contributed by atoms with Gasteiger partial charge in [0, 0.05) is 24.6 Å². The van der Waals surface area contributed by atoms with Crippen LogP contribution in [-0.2, 0) is 9.53 Å². The minimum Gasteiger partial charge on any atom is -0.475 e. The molecule has 0 radical (unpaired) electrons. The molecule has 0 aliphatic carbocycles. The summed E-state index contributed by atoms with van der Waals surface area (Å²) in [7, 11) is 3.54. The number of rotatable bonds is 9. The van der Waals surface area contributed by atoms with Crippen molar-refractivity contribution >= 4 is 50.0 Å². The molecular weight excluding hydrogens is 403 g/mol. The molecule has 0 aromatic carbocycles. The first kappa shape index (κ1) is 23.8. The number of hydrogen-bond donors (Lipinski definition) is 3. The van der Waals surface area contributed by atoms with Crippen molar-refractivity contribution in [2.45, 2.75) is 13.1 Å². The fraction of sp³-hybridized carbons (Fsp3) is 0.583. The van der Waals surface area contributed by atoms with Crippen molar-refractivity contribution in [2.24, 2.45) is 5.73 Å². The number of esters is 1. The molecule has 0 aliphatic heterocycles. The van der Waals surface area contributed by atoms with Gasteiger partial charge in [-0.3, -0.25) is 0 Å². The first-order chi connectivity index (χ1) is 11.7. The molecule has 144 valence electrons. The van der Waals surface area contributed by atoms with E-state index in [2.05, 4.69) is 10.3 Å². The lowest BCUT2D eigenvalue weighted by Gasteiger charge is -2.01. The molecule has 0 unspecified atom stereocenters. The number of hydrogen-bond acceptors (Lipinski definition) is 9. The predicted molar refractivity (Wildman–Crippen MR) is 94.2 cm³/mol. The zero-order valence-corrected chi connectivity index (χ0v) is 15.6. The van der Waals surface area contributed by atoms with Crippen LogP contribution in [0.1, 0.15) is 16.6 Å². The summed E-state index contributed by atoms with van der Waals surface area (Å²) in [6.45, 7) is 3.70. The Morgan fingerprint density at radius 3 is 2.52 bits per heavy atom. The van der Waals surface area contributed by atoms with Gasteiger partial charge in [-0.2, -0.15) is 13.2 Å². The zero-order valence-electron chi connectivity index (χ0n) is 13.2. The largest absolute Gasteiger partial charge is 0.490 e. The normalized spacial score (nSPS) is 10.6. The van der Waals surface area contributed by atoms with E-state index in [9.17, 15) is 18.0 Å². The van der Waals surface area contributed by atoms with Crippen molar-refractivity contribution in [3.63, 3.8) is 0 Å². The highest BCUT2D eigenvalue weighted by Crippen LogP contribution is 2.21. The number of aliphatic carboxylic acids is 1. The van der Waals surface area contributed by atoms with Gasteiger partial charge in [0.25, 0.3) is 0 Å². The Kier molecular flexibility index (Phi) is 12.5. The van der Waals surface area contributed by atoms with Gasteiger partial charge in [-0.05, 0) is 6.92 Å². The van der Waals surface area contributed by atoms with Crippen molar-refractivity contribution in [1.29, 1.82) is 0 Å². The van der Waals surface area contributed by atoms with E-state index < -0.39 is 12.1 Å². The number of halogens is 3. The molecule has 1 aromatic rings. The predicted octanol–water partition coefficient (Wildman–Crippen LogP) is 2.71. The molecule has 4 N–H and O–H groups in total. The summed E-state index contributed by atoms with van der Waals surface area (Å²) < 4.78 is 36.6. The molecule has 0 fully saturated rings. The molecule has 0 saturated heterocycles. The highest BCUT2D eigenvalue weighted by Gasteiger charge is 2.38. The first-order valence-electron chi connectivity index (χ1n) is 6.83. The van der Waals surface area contributed by atoms with E-state index in [4.69, 9.17) is 20.4 Å². The number of carboxylic acids is 1. The van der Waals surface area contributed by atoms with E-state index in [1.54, 1.807) is 34.7 Å². The number of alkyl halides is 3. The first-order valence-corrected chi connectivity index (χ1v) is 10.1. The number of nitrogens with zero attached hydrogens (tertiary/aromatic N) is 1. The summed E-state index contributed by atoms with van der Waals surface area (Å²) in [4.78, 5) is 25.0. The van der Waals surface area contributed by atoms with Crippen molar-refractivity contribution in [3.8, 4) is 0 Å². The number of carbonyl (C=O) groups excluding carboxylic acids is 1. The van der Waals surface area contributed by atoms with Gasteiger partial charge in [0.05, 0.1) is 12.8 Å². The van der Waals surface area contributed by atoms with Gasteiger partial charge in [-0.25, -0.2) is 14.6 Å². The molecule has 7 nitrogen and oxygen atoms in total. The van der Waals surface area contributed by atoms with Crippen LogP contribution in [0, 0.1) is 0 Å². The van der Waals surface area contributed by atoms with Crippen LogP contribution in [0.5, 0.6) is 0 Å². The third-order valence-electron chi connectivity index (χ3n) is 1.97. The summed E-state index contributed by atoms with van der Waals surface area (Å²) in [6.07, 6.45) is -3.54. The van der Waals surface area contributed by atoms with Crippen LogP contribution in [0.4, 0.5) is 18.3 Å². The lowest BCUT2D eigenvalue weighted by Crippen LogP contribution is -2.21. The zero-order chi connectivity index (χ0) is 19.3. The lowest BCUT2D eigenvalue weighted by molar-refractivity contribution is -0.192. The van der Waals surface area contributed by atoms with Crippen LogP contribution >= 0.6 is 32.9 Å². The Morgan fingerprint density at radius 1 is 1.40 bits per heavy atom. The summed E-state index contributed by atoms with van der Waals surface area (Å²) in [5.74, 6) is -1.13. The number of carbonyl (C=O) groups is 2. The summed E-state index contributed by atoms with van der Waals surface area (Å²) >= 11 is 1.32. The van der Waals surface area contributed by atoms with Crippen molar-refractivity contribution in [1.82, 2.24) is 4.98 Å². The van der Waals surface area contributed by atoms with E-state index in [1.165, 1.54) is 11.3 Å². The van der Waals surface area contributed by atoms with E-state index in [0.717, 1.165) is 23.2 Å². The maximum Gasteiger partial charge on any atom is 0.490 e. The standard InChI is InChI=1S/C10H17N3O2S3.C2HF3O2/c1-2-15-9(14)8-7-13-10(18-8)12-4-6-17-16-5-3-11;3-2(4,5)1(6)7/h7H,2-6,11H2,1H3,(H,12,13);(H,6,7). The van der Waals surface area contributed by atoms with E-state index in [-0.39, 0.29) is 5.97 Å². The maximum atomic E-state index is 11.4. The SMILES string of the molecule is CCOC(=O)c1cnc(NCCSSCCN)s1.O=C(O)C(F)(F)F. The number of nitrogens with one attached hydrogen (secondary N) is 1. The third-order valence-corrected chi connectivity index (χ3v) is 5.35. The van der Waals surface area contributed by atoms with Gasteiger partial charge in [0.2, 0.25) is 0 Å². The van der Waals surface area contributed by atoms with Crippen LogP contribution in [0.15, 0.2) is 6.20 Å². The second-order valence-corrected chi connectivity index (χ2v) is 7.65. The number of nitrogens with two attached hydrogens (primary N) is 1. The molecule has 0 saturated carbocycles. The fourth-order valence-electron chi connectivity index (χ4n) is 1.02. The smallest absolute Gasteiger partial charge is 0.475 e. The third kappa shape index (κ3) is 11.9. The van der Waals surface area contributed by atoms with Gasteiger partial charge in [0.15, 0.2) is 5.13 Å². The van der Waals surface area contributed by atoms with Gasteiger partial charge < -0.3 is 20.9 Å². The second-order valence-electron chi connectivity index (χ2n) is 3.91. The monoisotopic (exact) mass is 421 g/mol. The second kappa shape index (κ2) is 13.1. The lowest BCUT2D eigenvalue weighted by atomic mass is 10.6. The Hall–Kier alpha value is -1.18. The maximum absolute atomic E-state index is 11.4. The molecule has 25 heavy (non-hydrogen) atoms. The van der Waals surface area contributed by atoms with E-state index in [0.29, 0.717) is 18.0 Å². The highest BCUT2D eigenvalue weighted by atomic mass is 33.1. The van der Waals surface area contributed by atoms with E-state index >= 15 is 0 Å². The van der Waals surface area contributed by atoms with Gasteiger partial charge in [-0.1, -0.05) is 32.9 Å². The average molecular weight is 421 g/mol. The Morgan fingerprint density at radius 2 is 2.00 bits per heavy atom. The molecule has 0 aliphatic rings. The summed E-state index contributed by atoms with van der Waals surface area (Å²) in [6, 6.07) is 0. The number of ether oxygens (including phenoxy) is 1. The van der Waals surface area contributed by atoms with E-state index in [1.807, 2.05) is 0 Å². The molecule has 1 heterocycles. The number of thiazole rings is 1. The molecule has 0 atom stereocenters. The minimum atomic E-state index is -5.08. The van der Waals surface area contributed by atoms with Crippen LogP contribution in [0.3, 0.4) is 0 Å². The molecule has 0 bridgehead atoms. The number of carboxylic acid groups (broad SMARTS) is 1. The molecule has 0 spiro atoms. The van der Waals surface area contributed by atoms with Crippen molar-refractivity contribution < 1.29 is 32.6 Å². The quantitative estimate of drug-likeness (QED) is 0.314. The van der Waals surface area contributed by atoms with Gasteiger partial charge >= 0.3 is 18.1 Å². The van der Waals surface area contributed by atoms with Crippen LogP contribution in [0.25, 0.3) is 0 Å². The minimum absolute atomic E-state index is 0.309. The van der Waals surface area contributed by atoms with Crippen LogP contribution in [-0.4, -0.2) is 59.4 Å². The van der Waals surface area contributed by atoms with Crippen LogP contribution < -0.4 is 11.1 Å². The summed E-state index contributed by atoms with van der Waals surface area (Å²) in [5.41, 5.74) is 5.39. The molecule has 1 aromatic heterocycles. The molecular formula is C12H18F3N3O4S3. The average Bonchev–Trinajstić information content (AvgIpc) is 2.99. The molecule has 0 amide bonds. The van der Waals surface area contributed by atoms with Gasteiger partial charge in [0.1, 0.15) is 4.88 Å².